The van der Waals surface area contributed by atoms with E-state index in [1.54, 1.807) is 36.7 Å². The van der Waals surface area contributed by atoms with Crippen LogP contribution in [-0.4, -0.2) is 31.8 Å². The Bertz CT molecular complexity index is 861. The normalized spacial score (nSPS) is 9.93. The number of hydrogen-bond acceptors (Lipinski definition) is 9. The molecule has 0 aliphatic carbocycles. The number of anilines is 3. The van der Waals surface area contributed by atoms with Crippen molar-refractivity contribution in [1.82, 2.24) is 30.8 Å². The zero-order valence-electron chi connectivity index (χ0n) is 13.9. The van der Waals surface area contributed by atoms with E-state index in [0.717, 1.165) is 0 Å². The molecule has 11 heteroatoms. The molecule has 0 radical (unpaired) electrons. The molecule has 27 heavy (non-hydrogen) atoms. The van der Waals surface area contributed by atoms with Crippen LogP contribution in [0.15, 0.2) is 55.4 Å². The van der Waals surface area contributed by atoms with Crippen LogP contribution >= 0.6 is 0 Å². The maximum atomic E-state index is 12.0. The average Bonchev–Trinajstić information content (AvgIpc) is 2.73. The predicted octanol–water partition coefficient (Wildman–Crippen LogP) is 0.363. The summed E-state index contributed by atoms with van der Waals surface area (Å²) in [5, 5.41) is 0. The van der Waals surface area contributed by atoms with Gasteiger partial charge in [-0.25, -0.2) is 9.97 Å². The van der Waals surface area contributed by atoms with Crippen LogP contribution in [0.3, 0.4) is 0 Å². The SMILES string of the molecule is Nc1c(NNC(=O)c2cccnc2)ncnc1NNC(=O)c1cccnc1. The van der Waals surface area contributed by atoms with Crippen molar-refractivity contribution >= 4 is 29.1 Å². The van der Waals surface area contributed by atoms with Gasteiger partial charge in [0.15, 0.2) is 11.6 Å². The van der Waals surface area contributed by atoms with E-state index in [1.165, 1.54) is 18.7 Å². The molecule has 0 aliphatic heterocycles. The van der Waals surface area contributed by atoms with Crippen molar-refractivity contribution in [1.29, 1.82) is 0 Å². The molecule has 3 aromatic rings. The molecule has 6 N–H and O–H groups in total. The van der Waals surface area contributed by atoms with E-state index in [2.05, 4.69) is 41.6 Å². The second-order valence-corrected chi connectivity index (χ2v) is 5.13. The Balaban J connectivity index is 1.62. The quantitative estimate of drug-likeness (QED) is 0.389. The summed E-state index contributed by atoms with van der Waals surface area (Å²) in [4.78, 5) is 39.6. The maximum absolute atomic E-state index is 12.0. The first-order valence-corrected chi connectivity index (χ1v) is 7.68. The number of nitrogens with zero attached hydrogens (tertiary/aromatic N) is 4. The molecule has 0 saturated heterocycles. The Labute approximate surface area is 153 Å². The van der Waals surface area contributed by atoms with Gasteiger partial charge in [-0.2, -0.15) is 0 Å². The lowest BCUT2D eigenvalue weighted by Crippen LogP contribution is -2.32. The first-order valence-electron chi connectivity index (χ1n) is 7.68. The van der Waals surface area contributed by atoms with Crippen molar-refractivity contribution in [2.75, 3.05) is 16.6 Å². The molecule has 0 aliphatic rings. The van der Waals surface area contributed by atoms with Crippen LogP contribution in [0.1, 0.15) is 20.7 Å². The van der Waals surface area contributed by atoms with Gasteiger partial charge in [-0.15, -0.1) is 0 Å². The number of hydrazine groups is 2. The number of amides is 2. The summed E-state index contributed by atoms with van der Waals surface area (Å²) >= 11 is 0. The van der Waals surface area contributed by atoms with Crippen LogP contribution in [-0.2, 0) is 0 Å². The smallest absolute Gasteiger partial charge is 0.271 e. The van der Waals surface area contributed by atoms with Gasteiger partial charge in [0, 0.05) is 24.8 Å². The van der Waals surface area contributed by atoms with Crippen LogP contribution in [0.5, 0.6) is 0 Å². The molecular weight excluding hydrogens is 350 g/mol. The number of hydrogen-bond donors (Lipinski definition) is 5. The van der Waals surface area contributed by atoms with E-state index in [-0.39, 0.29) is 17.3 Å². The van der Waals surface area contributed by atoms with E-state index in [9.17, 15) is 9.59 Å². The number of nitrogen functional groups attached to an aromatic ring is 1. The maximum Gasteiger partial charge on any atom is 0.271 e. The number of carbonyl (C=O) groups is 2. The largest absolute Gasteiger partial charge is 0.393 e. The highest BCUT2D eigenvalue weighted by molar-refractivity contribution is 5.95. The van der Waals surface area contributed by atoms with Crippen molar-refractivity contribution in [3.8, 4) is 0 Å². The Hall–Kier alpha value is -4.28. The van der Waals surface area contributed by atoms with Gasteiger partial charge in [0.2, 0.25) is 0 Å². The molecule has 0 unspecified atom stereocenters. The highest BCUT2D eigenvalue weighted by Crippen LogP contribution is 2.20. The van der Waals surface area contributed by atoms with Gasteiger partial charge < -0.3 is 5.73 Å². The minimum Gasteiger partial charge on any atom is -0.393 e. The first kappa shape index (κ1) is 17.5. The monoisotopic (exact) mass is 365 g/mol. The standard InChI is InChI=1S/C16H15N9O2/c17-12-13(22-24-15(26)10-3-1-5-18-7-10)20-9-21-14(12)23-25-16(27)11-4-2-6-19-8-11/h1-9H,17H2,(H,24,26)(H,25,27)(H2,20,21,22,23). The van der Waals surface area contributed by atoms with E-state index in [1.807, 2.05) is 0 Å². The average molecular weight is 365 g/mol. The minimum atomic E-state index is -0.416. The van der Waals surface area contributed by atoms with Gasteiger partial charge >= 0.3 is 0 Å². The molecule has 3 heterocycles. The molecule has 0 spiro atoms. The first-order chi connectivity index (χ1) is 13.1. The van der Waals surface area contributed by atoms with E-state index >= 15 is 0 Å². The second-order valence-electron chi connectivity index (χ2n) is 5.13. The van der Waals surface area contributed by atoms with E-state index in [4.69, 9.17) is 5.73 Å². The summed E-state index contributed by atoms with van der Waals surface area (Å²) < 4.78 is 0. The summed E-state index contributed by atoms with van der Waals surface area (Å²) in [7, 11) is 0. The van der Waals surface area contributed by atoms with E-state index in [0.29, 0.717) is 11.1 Å². The van der Waals surface area contributed by atoms with Crippen LogP contribution in [0.2, 0.25) is 0 Å². The van der Waals surface area contributed by atoms with Gasteiger partial charge in [0.1, 0.15) is 12.0 Å². The minimum absolute atomic E-state index is 0.0930. The van der Waals surface area contributed by atoms with Crippen LogP contribution < -0.4 is 27.4 Å². The number of rotatable bonds is 6. The number of aromatic nitrogens is 4. The molecule has 136 valence electrons. The third-order valence-electron chi connectivity index (χ3n) is 3.32. The number of nitrogens with two attached hydrogens (primary N) is 1. The number of pyridine rings is 2. The fourth-order valence-electron chi connectivity index (χ4n) is 1.97. The molecule has 0 bridgehead atoms. The fourth-order valence-corrected chi connectivity index (χ4v) is 1.97. The van der Waals surface area contributed by atoms with Crippen molar-refractivity contribution in [3.05, 3.63) is 66.5 Å². The summed E-state index contributed by atoms with van der Waals surface area (Å²) in [6, 6.07) is 6.49. The topological polar surface area (TPSA) is 160 Å². The summed E-state index contributed by atoms with van der Waals surface area (Å²) in [5.41, 5.74) is 16.9. The van der Waals surface area contributed by atoms with Gasteiger partial charge in [-0.3, -0.25) is 41.3 Å². The lowest BCUT2D eigenvalue weighted by atomic mass is 10.3. The molecule has 3 rings (SSSR count). The van der Waals surface area contributed by atoms with Crippen LogP contribution in [0.4, 0.5) is 17.3 Å². The van der Waals surface area contributed by atoms with Crippen LogP contribution in [0.25, 0.3) is 0 Å². The van der Waals surface area contributed by atoms with Crippen LogP contribution in [0, 0.1) is 0 Å². The molecular formula is C16H15N9O2. The van der Waals surface area contributed by atoms with Gasteiger partial charge in [-0.05, 0) is 24.3 Å². The molecule has 0 aromatic carbocycles. The third kappa shape index (κ3) is 4.42. The van der Waals surface area contributed by atoms with Crippen molar-refractivity contribution in [3.63, 3.8) is 0 Å². The second kappa shape index (κ2) is 8.20. The summed E-state index contributed by atoms with van der Waals surface area (Å²) in [6.07, 6.45) is 7.17. The van der Waals surface area contributed by atoms with Gasteiger partial charge in [0.05, 0.1) is 11.1 Å². The van der Waals surface area contributed by atoms with Crippen molar-refractivity contribution in [2.24, 2.45) is 0 Å². The lowest BCUT2D eigenvalue weighted by molar-refractivity contribution is 0.0954. The summed E-state index contributed by atoms with van der Waals surface area (Å²) in [6.45, 7) is 0. The van der Waals surface area contributed by atoms with E-state index < -0.39 is 11.8 Å². The number of nitrogens with one attached hydrogen (secondary N) is 4. The van der Waals surface area contributed by atoms with Crippen molar-refractivity contribution in [2.45, 2.75) is 0 Å². The van der Waals surface area contributed by atoms with Gasteiger partial charge in [0.25, 0.3) is 11.8 Å². The molecule has 0 atom stereocenters. The highest BCUT2D eigenvalue weighted by Gasteiger charge is 2.11. The Morgan fingerprint density at radius 2 is 1.30 bits per heavy atom. The molecule has 0 saturated carbocycles. The fraction of sp³-hybridized carbons (Fsp3) is 0. The summed E-state index contributed by atoms with van der Waals surface area (Å²) in [5.74, 6) is -0.526. The Kier molecular flexibility index (Phi) is 5.33. The van der Waals surface area contributed by atoms with Gasteiger partial charge in [-0.1, -0.05) is 0 Å². The molecule has 11 nitrogen and oxygen atoms in total. The number of carbonyl (C=O) groups excluding carboxylic acids is 2. The molecule has 2 amide bonds. The Morgan fingerprint density at radius 3 is 1.70 bits per heavy atom. The third-order valence-corrected chi connectivity index (χ3v) is 3.32. The molecule has 3 aromatic heterocycles. The highest BCUT2D eigenvalue weighted by atomic mass is 16.2. The molecule has 0 fully saturated rings. The lowest BCUT2D eigenvalue weighted by Gasteiger charge is -2.13. The zero-order valence-corrected chi connectivity index (χ0v) is 13.9. The van der Waals surface area contributed by atoms with Crippen molar-refractivity contribution < 1.29 is 9.59 Å². The zero-order chi connectivity index (χ0) is 19.1. The predicted molar refractivity (Wildman–Crippen MR) is 97.1 cm³/mol. The Morgan fingerprint density at radius 1 is 0.815 bits per heavy atom.